The molecule has 328 valence electrons. The summed E-state index contributed by atoms with van der Waals surface area (Å²) in [7, 11) is 0. The number of hydrogen-bond donors (Lipinski definition) is 0. The van der Waals surface area contributed by atoms with Crippen LogP contribution in [0.15, 0.2) is 170 Å². The Morgan fingerprint density at radius 1 is 0.235 bits per heavy atom. The molecule has 0 fully saturated rings. The van der Waals surface area contributed by atoms with Crippen molar-refractivity contribution in [3.8, 4) is 87.6 Å². The molecule has 0 aliphatic heterocycles. The predicted octanol–water partition coefficient (Wildman–Crippen LogP) is 18.9. The third-order valence-electron chi connectivity index (χ3n) is 16.9. The lowest BCUT2D eigenvalue weighted by Crippen LogP contribution is -2.18. The molecule has 0 atom stereocenters. The summed E-state index contributed by atoms with van der Waals surface area (Å²) in [6.45, 7) is 19.3. The van der Waals surface area contributed by atoms with Gasteiger partial charge in [-0.2, -0.15) is 0 Å². The molecule has 8 aromatic carbocycles. The Hall–Kier alpha value is -6.58. The maximum absolute atomic E-state index is 2.56. The van der Waals surface area contributed by atoms with Gasteiger partial charge in [0.2, 0.25) is 0 Å². The van der Waals surface area contributed by atoms with Gasteiger partial charge in [0.05, 0.1) is 0 Å². The molecule has 0 saturated carbocycles. The Morgan fingerprint density at radius 2 is 0.559 bits per heavy atom. The second kappa shape index (κ2) is 13.6. The van der Waals surface area contributed by atoms with Crippen LogP contribution in [-0.4, -0.2) is 0 Å². The van der Waals surface area contributed by atoms with Crippen LogP contribution in [0.25, 0.3) is 97.0 Å². The zero-order valence-corrected chi connectivity index (χ0v) is 41.6. The molecule has 0 radical (unpaired) electrons. The van der Waals surface area contributed by atoms with Gasteiger partial charge in [-0.15, -0.1) is 22.7 Å². The van der Waals surface area contributed by atoms with Crippen LogP contribution in [0.3, 0.4) is 0 Å². The summed E-state index contributed by atoms with van der Waals surface area (Å²) < 4.78 is 2.73. The highest BCUT2D eigenvalue weighted by Crippen LogP contribution is 2.59. The van der Waals surface area contributed by atoms with Gasteiger partial charge in [-0.1, -0.05) is 177 Å². The third kappa shape index (κ3) is 5.42. The molecular formula is C66H52S2. The topological polar surface area (TPSA) is 0 Å². The van der Waals surface area contributed by atoms with E-state index in [1.165, 1.54) is 142 Å². The Morgan fingerprint density at radius 3 is 0.956 bits per heavy atom. The molecular weight excluding hydrogens is 857 g/mol. The fourth-order valence-corrected chi connectivity index (χ4v) is 15.4. The quantitative estimate of drug-likeness (QED) is 0.165. The van der Waals surface area contributed by atoms with E-state index in [0.717, 1.165) is 0 Å². The summed E-state index contributed by atoms with van der Waals surface area (Å²) in [5, 5.41) is 0. The van der Waals surface area contributed by atoms with Crippen molar-refractivity contribution in [1.82, 2.24) is 0 Å². The normalized spacial score (nSPS) is 16.4. The molecule has 4 aliphatic carbocycles. The van der Waals surface area contributed by atoms with Crippen LogP contribution in [0.4, 0.5) is 0 Å². The summed E-state index contributed by atoms with van der Waals surface area (Å²) in [6.07, 6.45) is 0. The molecule has 0 nitrogen and oxygen atoms in total. The molecule has 0 amide bonds. The van der Waals surface area contributed by atoms with Crippen LogP contribution in [-0.2, 0) is 21.7 Å². The maximum atomic E-state index is 2.56. The fraction of sp³-hybridized carbons (Fsp3) is 0.182. The molecule has 4 aliphatic rings. The van der Waals surface area contributed by atoms with E-state index in [9.17, 15) is 0 Å². The van der Waals surface area contributed by atoms with Crippen molar-refractivity contribution in [3.63, 3.8) is 0 Å². The Balaban J connectivity index is 0.784. The Labute approximate surface area is 408 Å². The first-order valence-corrected chi connectivity index (χ1v) is 25.9. The Kier molecular flexibility index (Phi) is 8.07. The highest BCUT2D eigenvalue weighted by molar-refractivity contribution is 7.31. The zero-order valence-electron chi connectivity index (χ0n) is 40.0. The van der Waals surface area contributed by atoms with Crippen molar-refractivity contribution < 1.29 is 0 Å². The smallest absolute Gasteiger partial charge is 0.0463 e. The summed E-state index contributed by atoms with van der Waals surface area (Å²) in [5.74, 6) is 0. The van der Waals surface area contributed by atoms with Crippen molar-refractivity contribution in [1.29, 1.82) is 0 Å². The SMILES string of the molecule is CC1(C)c2ccc(-c3ccccc3)cc2-c2cc3c(cc21)C(C)(C)c1cc(-c2cc4sc(-c5ccc6c(c5)C(C)(C)c5cc7c(cc5-6)-c5cc(-c6ccccc6)ccc5C7(C)C)cc4s2)ccc1-3. The van der Waals surface area contributed by atoms with Gasteiger partial charge in [0.1, 0.15) is 0 Å². The van der Waals surface area contributed by atoms with E-state index in [0.29, 0.717) is 0 Å². The van der Waals surface area contributed by atoms with Crippen LogP contribution >= 0.6 is 22.7 Å². The van der Waals surface area contributed by atoms with Gasteiger partial charge in [0, 0.05) is 40.8 Å². The van der Waals surface area contributed by atoms with Gasteiger partial charge in [-0.05, 0) is 171 Å². The summed E-state index contributed by atoms with van der Waals surface area (Å²) in [4.78, 5) is 2.69. The molecule has 0 unspecified atom stereocenters. The molecule has 10 aromatic rings. The Bertz CT molecular complexity index is 3550. The number of hydrogen-bond acceptors (Lipinski definition) is 2. The summed E-state index contributed by atoms with van der Waals surface area (Å²) >= 11 is 3.87. The lowest BCUT2D eigenvalue weighted by Gasteiger charge is -2.26. The first-order valence-electron chi connectivity index (χ1n) is 24.3. The van der Waals surface area contributed by atoms with Crippen molar-refractivity contribution in [2.45, 2.75) is 77.0 Å². The molecule has 2 heteroatoms. The fourth-order valence-electron chi connectivity index (χ4n) is 13.0. The van der Waals surface area contributed by atoms with E-state index in [4.69, 9.17) is 0 Å². The lowest BCUT2D eigenvalue weighted by atomic mass is 9.77. The first kappa shape index (κ1) is 40.5. The molecule has 0 bridgehead atoms. The maximum Gasteiger partial charge on any atom is 0.0463 e. The van der Waals surface area contributed by atoms with Crippen LogP contribution in [0.2, 0.25) is 0 Å². The highest BCUT2D eigenvalue weighted by atomic mass is 32.1. The minimum atomic E-state index is -0.106. The van der Waals surface area contributed by atoms with Gasteiger partial charge in [-0.25, -0.2) is 0 Å². The number of thiophene rings is 2. The molecule has 2 aromatic heterocycles. The lowest BCUT2D eigenvalue weighted by molar-refractivity contribution is 0.639. The van der Waals surface area contributed by atoms with Crippen LogP contribution < -0.4 is 0 Å². The average Bonchev–Trinajstić information content (AvgIpc) is 4.14. The van der Waals surface area contributed by atoms with E-state index in [1.807, 2.05) is 22.7 Å². The molecule has 0 spiro atoms. The van der Waals surface area contributed by atoms with Crippen LogP contribution in [0, 0.1) is 0 Å². The minimum absolute atomic E-state index is 0.0628. The number of fused-ring (bicyclic) bond motifs is 13. The first-order chi connectivity index (χ1) is 32.7. The largest absolute Gasteiger partial charge is 0.134 e. The van der Waals surface area contributed by atoms with Gasteiger partial charge in [-0.3, -0.25) is 0 Å². The molecule has 0 N–H and O–H groups in total. The van der Waals surface area contributed by atoms with Crippen molar-refractivity contribution in [2.75, 3.05) is 0 Å². The van der Waals surface area contributed by atoms with Crippen molar-refractivity contribution in [2.24, 2.45) is 0 Å². The zero-order chi connectivity index (χ0) is 46.2. The number of benzene rings is 8. The van der Waals surface area contributed by atoms with Crippen LogP contribution in [0.5, 0.6) is 0 Å². The van der Waals surface area contributed by atoms with Gasteiger partial charge >= 0.3 is 0 Å². The summed E-state index contributed by atoms with van der Waals surface area (Å²) in [5.41, 5.74) is 29.9. The minimum Gasteiger partial charge on any atom is -0.134 e. The molecule has 68 heavy (non-hydrogen) atoms. The third-order valence-corrected chi connectivity index (χ3v) is 19.3. The van der Waals surface area contributed by atoms with E-state index in [-0.39, 0.29) is 21.7 Å². The van der Waals surface area contributed by atoms with Crippen molar-refractivity contribution in [3.05, 3.63) is 214 Å². The van der Waals surface area contributed by atoms with E-state index >= 15 is 0 Å². The number of rotatable bonds is 4. The molecule has 14 rings (SSSR count). The van der Waals surface area contributed by atoms with Gasteiger partial charge < -0.3 is 0 Å². The standard InChI is InChI=1S/C66H52S2/c1-63(2)51-25-21-39(37-15-11-9-12-16-37)27-45(51)49-31-47-43-23-19-41(29-53(43)65(5,6)55(47)33-57(49)63)59-35-61-62(67-59)36-60(68-61)42-20-24-44-48-32-50-46-28-40(38-17-13-10-14-18-38)22-26-52(46)64(3,4)58(50)34-56(48)66(7,8)54(44)30-42/h9-36H,1-8H3. The van der Waals surface area contributed by atoms with Gasteiger partial charge in [0.25, 0.3) is 0 Å². The van der Waals surface area contributed by atoms with E-state index < -0.39 is 0 Å². The van der Waals surface area contributed by atoms with E-state index in [2.05, 4.69) is 225 Å². The second-order valence-electron chi connectivity index (χ2n) is 22.1. The van der Waals surface area contributed by atoms with E-state index in [1.54, 1.807) is 0 Å². The predicted molar refractivity (Wildman–Crippen MR) is 292 cm³/mol. The molecule has 0 saturated heterocycles. The second-order valence-corrected chi connectivity index (χ2v) is 24.3. The highest BCUT2D eigenvalue weighted by Gasteiger charge is 2.44. The van der Waals surface area contributed by atoms with Gasteiger partial charge in [0.15, 0.2) is 0 Å². The summed E-state index contributed by atoms with van der Waals surface area (Å²) in [6, 6.07) is 65.4. The average molecular weight is 909 g/mol. The monoisotopic (exact) mass is 908 g/mol. The van der Waals surface area contributed by atoms with Crippen molar-refractivity contribution >= 4 is 32.1 Å². The molecule has 2 heterocycles. The van der Waals surface area contributed by atoms with Crippen LogP contribution in [0.1, 0.15) is 99.9 Å².